The molecule has 0 saturated carbocycles. The number of aromatic nitrogens is 2. The van der Waals surface area contributed by atoms with E-state index in [1.807, 2.05) is 0 Å². The van der Waals surface area contributed by atoms with Crippen molar-refractivity contribution in [1.29, 1.82) is 0 Å². The van der Waals surface area contributed by atoms with Gasteiger partial charge in [-0.25, -0.2) is 0 Å². The van der Waals surface area contributed by atoms with Gasteiger partial charge in [-0.1, -0.05) is 0 Å². The van der Waals surface area contributed by atoms with Gasteiger partial charge in [0, 0.05) is 6.61 Å². The van der Waals surface area contributed by atoms with Gasteiger partial charge in [-0.2, -0.15) is 0 Å². The van der Waals surface area contributed by atoms with Gasteiger partial charge < -0.3 is 15.0 Å². The fourth-order valence-electron chi connectivity index (χ4n) is 1.84. The van der Waals surface area contributed by atoms with Crippen LogP contribution in [0.4, 0.5) is 11.5 Å². The lowest BCUT2D eigenvalue weighted by molar-refractivity contribution is 0.0968. The lowest BCUT2D eigenvalue weighted by Crippen LogP contribution is -2.22. The Kier molecular flexibility index (Phi) is 3.34. The summed E-state index contributed by atoms with van der Waals surface area (Å²) in [5.41, 5.74) is 4.70. The van der Waals surface area contributed by atoms with Crippen LogP contribution in [-0.4, -0.2) is 22.3 Å². The summed E-state index contributed by atoms with van der Waals surface area (Å²) < 4.78 is 7.10. The van der Waals surface area contributed by atoms with E-state index in [9.17, 15) is 9.70 Å². The standard InChI is InChI=1S/C9H12N4O3S/c10-7-6(12-15)8(14)11-9(17)13(7)4-5-2-1-3-16-5/h5H,1-4,10H2,(H,11,14,17). The van der Waals surface area contributed by atoms with E-state index in [0.29, 0.717) is 13.2 Å². The highest BCUT2D eigenvalue weighted by Gasteiger charge is 2.19. The molecule has 2 rings (SSSR count). The van der Waals surface area contributed by atoms with Crippen LogP contribution >= 0.6 is 12.2 Å². The lowest BCUT2D eigenvalue weighted by atomic mass is 10.2. The van der Waals surface area contributed by atoms with Crippen molar-refractivity contribution in [3.8, 4) is 0 Å². The molecule has 17 heavy (non-hydrogen) atoms. The molecule has 1 aromatic rings. The average Bonchev–Trinajstić information content (AvgIpc) is 2.77. The van der Waals surface area contributed by atoms with Crippen molar-refractivity contribution in [3.05, 3.63) is 20.0 Å². The van der Waals surface area contributed by atoms with Gasteiger partial charge in [0.15, 0.2) is 4.77 Å². The summed E-state index contributed by atoms with van der Waals surface area (Å²) in [6.45, 7) is 1.13. The number of nitrogens with two attached hydrogens (primary N) is 1. The minimum Gasteiger partial charge on any atom is -0.383 e. The first-order chi connectivity index (χ1) is 8.13. The van der Waals surface area contributed by atoms with Crippen LogP contribution in [0.15, 0.2) is 9.97 Å². The minimum atomic E-state index is -0.661. The number of hydrogen-bond donors (Lipinski definition) is 2. The van der Waals surface area contributed by atoms with Crippen molar-refractivity contribution in [2.45, 2.75) is 25.5 Å². The Hall–Kier alpha value is -1.54. The molecule has 0 amide bonds. The van der Waals surface area contributed by atoms with E-state index in [2.05, 4.69) is 10.2 Å². The van der Waals surface area contributed by atoms with Crippen molar-refractivity contribution in [2.75, 3.05) is 12.3 Å². The molecule has 0 bridgehead atoms. The first-order valence-electron chi connectivity index (χ1n) is 5.21. The van der Waals surface area contributed by atoms with E-state index < -0.39 is 5.56 Å². The van der Waals surface area contributed by atoms with Crippen molar-refractivity contribution in [1.82, 2.24) is 9.55 Å². The molecular weight excluding hydrogens is 244 g/mol. The summed E-state index contributed by atoms with van der Waals surface area (Å²) in [5.74, 6) is -0.00995. The highest BCUT2D eigenvalue weighted by Crippen LogP contribution is 2.20. The van der Waals surface area contributed by atoms with Crippen LogP contribution in [0, 0.1) is 9.68 Å². The molecule has 1 fully saturated rings. The summed E-state index contributed by atoms with van der Waals surface area (Å²) in [4.78, 5) is 24.2. The molecule has 0 aliphatic carbocycles. The van der Waals surface area contributed by atoms with Crippen LogP contribution in [0.1, 0.15) is 12.8 Å². The fraction of sp³-hybridized carbons (Fsp3) is 0.556. The number of rotatable bonds is 3. The molecule has 92 valence electrons. The molecular formula is C9H12N4O3S. The number of nitrogens with one attached hydrogen (secondary N) is 1. The van der Waals surface area contributed by atoms with Crippen molar-refractivity contribution >= 4 is 23.7 Å². The van der Waals surface area contributed by atoms with Gasteiger partial charge in [-0.15, -0.1) is 4.91 Å². The Bertz CT molecular complexity index is 544. The Labute approximate surface area is 102 Å². The molecule has 0 aromatic carbocycles. The highest BCUT2D eigenvalue weighted by atomic mass is 32.1. The third-order valence-corrected chi connectivity index (χ3v) is 3.04. The van der Waals surface area contributed by atoms with E-state index in [-0.39, 0.29) is 22.4 Å². The third kappa shape index (κ3) is 2.27. The predicted molar refractivity (Wildman–Crippen MR) is 64.7 cm³/mol. The van der Waals surface area contributed by atoms with E-state index in [1.165, 1.54) is 4.57 Å². The zero-order chi connectivity index (χ0) is 12.4. The number of hydrogen-bond acceptors (Lipinski definition) is 6. The summed E-state index contributed by atoms with van der Waals surface area (Å²) in [7, 11) is 0. The van der Waals surface area contributed by atoms with Gasteiger partial charge in [0.2, 0.25) is 5.69 Å². The molecule has 1 unspecified atom stereocenters. The Balaban J connectivity index is 2.42. The molecule has 8 heteroatoms. The van der Waals surface area contributed by atoms with Crippen LogP contribution in [-0.2, 0) is 11.3 Å². The molecule has 2 heterocycles. The van der Waals surface area contributed by atoms with Gasteiger partial charge in [-0.3, -0.25) is 9.78 Å². The van der Waals surface area contributed by atoms with Crippen molar-refractivity contribution in [3.63, 3.8) is 0 Å². The summed E-state index contributed by atoms with van der Waals surface area (Å²) in [6, 6.07) is 0. The average molecular weight is 256 g/mol. The number of nitrogen functional groups attached to an aromatic ring is 1. The summed E-state index contributed by atoms with van der Waals surface area (Å²) >= 11 is 5.00. The molecule has 0 spiro atoms. The number of H-pyrrole nitrogens is 1. The molecule has 1 aromatic heterocycles. The molecule has 1 aliphatic rings. The number of nitroso groups, excluding NO2 is 1. The molecule has 7 nitrogen and oxygen atoms in total. The zero-order valence-electron chi connectivity index (χ0n) is 9.01. The topological polar surface area (TPSA) is 102 Å². The highest BCUT2D eigenvalue weighted by molar-refractivity contribution is 7.71. The van der Waals surface area contributed by atoms with Gasteiger partial charge >= 0.3 is 0 Å². The van der Waals surface area contributed by atoms with Crippen LogP contribution in [0.2, 0.25) is 0 Å². The van der Waals surface area contributed by atoms with Gasteiger partial charge in [0.25, 0.3) is 5.56 Å². The smallest absolute Gasteiger partial charge is 0.283 e. The second kappa shape index (κ2) is 4.76. The normalized spacial score (nSPS) is 19.4. The second-order valence-electron chi connectivity index (χ2n) is 3.83. The lowest BCUT2D eigenvalue weighted by Gasteiger charge is -2.15. The minimum absolute atomic E-state index is 0.00871. The first kappa shape index (κ1) is 11.9. The number of anilines is 1. The molecule has 1 atom stereocenters. The largest absolute Gasteiger partial charge is 0.383 e. The maximum absolute atomic E-state index is 11.3. The van der Waals surface area contributed by atoms with Gasteiger partial charge in [0.05, 0.1) is 12.6 Å². The van der Waals surface area contributed by atoms with E-state index in [1.54, 1.807) is 0 Å². The van der Waals surface area contributed by atoms with E-state index in [4.69, 9.17) is 22.7 Å². The maximum Gasteiger partial charge on any atom is 0.283 e. The Morgan fingerprint density at radius 2 is 2.41 bits per heavy atom. The number of nitrogens with zero attached hydrogens (tertiary/aromatic N) is 2. The second-order valence-corrected chi connectivity index (χ2v) is 4.22. The number of aromatic amines is 1. The van der Waals surface area contributed by atoms with Crippen LogP contribution < -0.4 is 11.3 Å². The van der Waals surface area contributed by atoms with Crippen LogP contribution in [0.25, 0.3) is 0 Å². The molecule has 3 N–H and O–H groups in total. The maximum atomic E-state index is 11.3. The number of ether oxygens (including phenoxy) is 1. The molecule has 0 radical (unpaired) electrons. The molecule has 1 aliphatic heterocycles. The SMILES string of the molecule is Nc1c(N=O)c(=O)[nH]c(=S)n1CC1CCCO1. The Morgan fingerprint density at radius 1 is 1.65 bits per heavy atom. The Morgan fingerprint density at radius 3 is 3.00 bits per heavy atom. The zero-order valence-corrected chi connectivity index (χ0v) is 9.83. The van der Waals surface area contributed by atoms with Gasteiger partial charge in [-0.05, 0) is 30.2 Å². The van der Waals surface area contributed by atoms with Crippen LogP contribution in [0.5, 0.6) is 0 Å². The monoisotopic (exact) mass is 256 g/mol. The summed E-state index contributed by atoms with van der Waals surface area (Å²) in [6.07, 6.45) is 1.90. The van der Waals surface area contributed by atoms with E-state index >= 15 is 0 Å². The van der Waals surface area contributed by atoms with E-state index in [0.717, 1.165) is 12.8 Å². The quantitative estimate of drug-likeness (QED) is 0.622. The summed E-state index contributed by atoms with van der Waals surface area (Å²) in [5, 5.41) is 2.62. The predicted octanol–water partition coefficient (Wildman–Crippen LogP) is 1.06. The molecule has 1 saturated heterocycles. The van der Waals surface area contributed by atoms with Gasteiger partial charge in [0.1, 0.15) is 5.82 Å². The fourth-order valence-corrected chi connectivity index (χ4v) is 2.10. The first-order valence-corrected chi connectivity index (χ1v) is 5.62. The van der Waals surface area contributed by atoms with Crippen molar-refractivity contribution in [2.24, 2.45) is 5.18 Å². The van der Waals surface area contributed by atoms with Crippen molar-refractivity contribution < 1.29 is 4.74 Å². The van der Waals surface area contributed by atoms with Crippen LogP contribution in [0.3, 0.4) is 0 Å². The third-order valence-electron chi connectivity index (χ3n) is 2.72.